The number of rotatable bonds is 14. The third kappa shape index (κ3) is 13.6. The van der Waals surface area contributed by atoms with Crippen LogP contribution in [0, 0.1) is 4.64 Å². The van der Waals surface area contributed by atoms with E-state index in [9.17, 15) is 38.6 Å². The largest absolute Gasteiger partial charge is 1.00 e. The number of aromatic amines is 1. The van der Waals surface area contributed by atoms with Crippen LogP contribution in [0.3, 0.4) is 0 Å². The van der Waals surface area contributed by atoms with Crippen molar-refractivity contribution in [1.29, 1.82) is 0 Å². The van der Waals surface area contributed by atoms with Crippen molar-refractivity contribution in [1.82, 2.24) is 19.5 Å². The molecule has 2 aromatic heterocycles. The van der Waals surface area contributed by atoms with Crippen LogP contribution in [-0.4, -0.2) is 78.6 Å². The van der Waals surface area contributed by atoms with E-state index in [1.54, 1.807) is 0 Å². The minimum absolute atomic E-state index is 0. The number of aromatic nitrogens is 4. The molecule has 3 heterocycles. The smallest absolute Gasteiger partial charge is 0.756 e. The summed E-state index contributed by atoms with van der Waals surface area (Å²) < 4.78 is 51.5. The van der Waals surface area contributed by atoms with E-state index in [-0.39, 0.29) is 116 Å². The second kappa shape index (κ2) is 18.6. The van der Waals surface area contributed by atoms with Gasteiger partial charge in [0, 0.05) is 13.1 Å². The Morgan fingerprint density at radius 3 is 2.40 bits per heavy atom. The van der Waals surface area contributed by atoms with Gasteiger partial charge in [-0.1, -0.05) is 12.2 Å². The van der Waals surface area contributed by atoms with Gasteiger partial charge >= 0.3 is 88.7 Å². The van der Waals surface area contributed by atoms with Gasteiger partial charge in [-0.05, 0) is 12.8 Å². The standard InChI is InChI=1S/C15H27N8O13P3S.3Na/c16-14(17)18-3-1-2-4-19-15-21-11-8(12(40)22-15)20-6-23(11)13-10(25)9(24)7(34-13)5-33-38(29,30)36-39(31,32)35-37(26,27)28;;;/h6-7,9-10,13,24-25H,1-5H2,(H,29,30)(H,31,32)(H4,16,17,18)(H2,26,27,28)(H2,19,21,22,40);;;/q;3*+1/p-3/t7-,9+,10?,13-;;;/m1.../s1. The molecule has 0 aromatic carbocycles. The van der Waals surface area contributed by atoms with Crippen molar-refractivity contribution in [3.63, 3.8) is 0 Å². The summed E-state index contributed by atoms with van der Waals surface area (Å²) in [4.78, 5) is 57.2. The fourth-order valence-electron chi connectivity index (χ4n) is 3.41. The van der Waals surface area contributed by atoms with Gasteiger partial charge in [0.15, 0.2) is 16.8 Å². The molecule has 0 saturated carbocycles. The van der Waals surface area contributed by atoms with Crippen LogP contribution < -0.4 is 120 Å². The van der Waals surface area contributed by atoms with Crippen molar-refractivity contribution in [3.05, 3.63) is 11.0 Å². The number of anilines is 1. The Morgan fingerprint density at radius 1 is 1.14 bits per heavy atom. The number of guanidine groups is 1. The average Bonchev–Trinajstić information content (AvgIpc) is 3.33. The molecule has 28 heteroatoms. The van der Waals surface area contributed by atoms with E-state index in [1.165, 1.54) is 10.9 Å². The minimum Gasteiger partial charge on any atom is -0.756 e. The molecule has 1 aliphatic heterocycles. The monoisotopic (exact) mass is 718 g/mol. The van der Waals surface area contributed by atoms with E-state index < -0.39 is 54.6 Å². The number of nitrogens with two attached hydrogens (primary N) is 2. The Hall–Kier alpha value is 1.13. The number of H-pyrrole nitrogens is 1. The van der Waals surface area contributed by atoms with Crippen LogP contribution in [0.25, 0.3) is 11.2 Å². The Morgan fingerprint density at radius 2 is 1.79 bits per heavy atom. The molecule has 7 atom stereocenters. The van der Waals surface area contributed by atoms with Gasteiger partial charge in [0.25, 0.3) is 23.5 Å². The number of phosphoric ester groups is 1. The van der Waals surface area contributed by atoms with E-state index in [1.807, 2.05) is 0 Å². The van der Waals surface area contributed by atoms with E-state index in [0.29, 0.717) is 25.9 Å². The number of aliphatic hydroxyl groups excluding tert-OH is 2. The summed E-state index contributed by atoms with van der Waals surface area (Å²) in [7, 11) is -17.9. The summed E-state index contributed by atoms with van der Waals surface area (Å²) in [5.74, 6) is 0.232. The maximum Gasteiger partial charge on any atom is 1.00 e. The van der Waals surface area contributed by atoms with Gasteiger partial charge in [-0.25, -0.2) is 18.6 Å². The van der Waals surface area contributed by atoms with E-state index >= 15 is 0 Å². The van der Waals surface area contributed by atoms with Gasteiger partial charge in [-0.15, -0.1) is 0 Å². The number of fused-ring (bicyclic) bond motifs is 1. The zero-order valence-corrected chi connectivity index (χ0v) is 32.5. The molecule has 1 aliphatic rings. The van der Waals surface area contributed by atoms with E-state index in [4.69, 9.17) is 33.3 Å². The molecule has 3 rings (SSSR count). The van der Waals surface area contributed by atoms with Crippen molar-refractivity contribution in [3.8, 4) is 0 Å². The maximum absolute atomic E-state index is 11.8. The predicted octanol–water partition coefficient (Wildman–Crippen LogP) is -12.0. The summed E-state index contributed by atoms with van der Waals surface area (Å²) >= 11 is 5.26. The van der Waals surface area contributed by atoms with Gasteiger partial charge in [0.05, 0.1) is 12.9 Å². The number of hydrogen-bond acceptors (Lipinski definition) is 17. The molecule has 0 bridgehead atoms. The Balaban J connectivity index is 0.00000588. The Kier molecular flexibility index (Phi) is 19.1. The van der Waals surface area contributed by atoms with Gasteiger partial charge in [0.2, 0.25) is 5.95 Å². The molecule has 4 unspecified atom stereocenters. The molecule has 21 nitrogen and oxygen atoms in total. The van der Waals surface area contributed by atoms with Gasteiger partial charge < -0.3 is 60.8 Å². The third-order valence-electron chi connectivity index (χ3n) is 5.03. The number of ether oxygens (including phenoxy) is 1. The Labute approximate surface area is 314 Å². The topological polar surface area (TPSA) is 341 Å². The molecular formula is C15H24N8Na3O13P3S. The first kappa shape index (κ1) is 44.1. The zero-order chi connectivity index (χ0) is 29.9. The molecule has 9 N–H and O–H groups in total. The number of aliphatic hydroxyl groups is 2. The summed E-state index contributed by atoms with van der Waals surface area (Å²) in [5, 5.41) is 23.9. The summed E-state index contributed by atoms with van der Waals surface area (Å²) in [5.41, 5.74) is 11.0. The molecular weight excluding hydrogens is 694 g/mol. The molecule has 0 radical (unpaired) electrons. The van der Waals surface area contributed by atoms with Crippen molar-refractivity contribution >= 4 is 58.8 Å². The molecule has 226 valence electrons. The number of hydrogen-bond donors (Lipinski definition) is 7. The second-order valence-electron chi connectivity index (χ2n) is 8.05. The van der Waals surface area contributed by atoms with Crippen LogP contribution in [0.2, 0.25) is 0 Å². The minimum atomic E-state index is -6.11. The molecule has 0 amide bonds. The first-order chi connectivity index (χ1) is 18.5. The number of nitrogens with one attached hydrogen (secondary N) is 2. The maximum atomic E-state index is 11.8. The molecule has 2 aromatic rings. The van der Waals surface area contributed by atoms with Crippen LogP contribution in [0.5, 0.6) is 0 Å². The van der Waals surface area contributed by atoms with Crippen molar-refractivity contribution in [2.45, 2.75) is 37.4 Å². The number of aliphatic imine (C=N–C) groups is 1. The first-order valence-corrected chi connectivity index (χ1v) is 15.8. The SMILES string of the molecule is NC(N)=NCCCCNc1nc(=S)c2ncn([C@@H]3O[C@H](COP(=O)([O-])OP(=O)([O-])OP(=O)([O-])O)[C@H](O)C3O)c2[nH]1.[Na+].[Na+].[Na+]. The summed E-state index contributed by atoms with van der Waals surface area (Å²) in [6, 6.07) is 0. The Bertz CT molecular complexity index is 1440. The second-order valence-corrected chi connectivity index (χ2v) is 12.7. The predicted molar refractivity (Wildman–Crippen MR) is 130 cm³/mol. The van der Waals surface area contributed by atoms with Crippen molar-refractivity contribution < 1.29 is 150 Å². The van der Waals surface area contributed by atoms with Crippen LogP contribution in [0.1, 0.15) is 19.1 Å². The van der Waals surface area contributed by atoms with Gasteiger partial charge in [0.1, 0.15) is 29.5 Å². The molecule has 1 fully saturated rings. The number of unbranched alkanes of at least 4 members (excludes halogenated alkanes) is 1. The van der Waals surface area contributed by atoms with Gasteiger partial charge in [-0.2, -0.15) is 0 Å². The average molecular weight is 718 g/mol. The summed E-state index contributed by atoms with van der Waals surface area (Å²) in [6.07, 6.45) is -3.80. The van der Waals surface area contributed by atoms with Crippen LogP contribution in [0.15, 0.2) is 11.3 Å². The zero-order valence-electron chi connectivity index (χ0n) is 23.0. The fourth-order valence-corrected chi connectivity index (χ4v) is 6.55. The molecule has 43 heavy (non-hydrogen) atoms. The summed E-state index contributed by atoms with van der Waals surface area (Å²) in [6.45, 7) is -0.186. The van der Waals surface area contributed by atoms with E-state index in [0.717, 1.165) is 0 Å². The van der Waals surface area contributed by atoms with Crippen LogP contribution in [0.4, 0.5) is 5.95 Å². The van der Waals surface area contributed by atoms with Crippen molar-refractivity contribution in [2.75, 3.05) is 25.0 Å². The van der Waals surface area contributed by atoms with Crippen LogP contribution in [-0.2, 0) is 31.6 Å². The number of imidazole rings is 1. The number of phosphoric acid groups is 3. The molecule has 1 saturated heterocycles. The van der Waals surface area contributed by atoms with E-state index in [2.05, 4.69) is 38.4 Å². The van der Waals surface area contributed by atoms with Gasteiger partial charge in [-0.3, -0.25) is 23.3 Å². The quantitative estimate of drug-likeness (QED) is 0.0238. The number of nitrogens with zero attached hydrogens (tertiary/aromatic N) is 4. The third-order valence-corrected chi connectivity index (χ3v) is 9.01. The first-order valence-electron chi connectivity index (χ1n) is 11.0. The molecule has 0 spiro atoms. The molecule has 0 aliphatic carbocycles. The van der Waals surface area contributed by atoms with Crippen LogP contribution >= 0.6 is 35.7 Å². The van der Waals surface area contributed by atoms with Crippen molar-refractivity contribution in [2.24, 2.45) is 16.5 Å². The fraction of sp³-hybridized carbons (Fsp3) is 0.600. The normalized spacial score (nSPS) is 23.9.